The normalized spacial score (nSPS) is 11.6. The van der Waals surface area contributed by atoms with Crippen LogP contribution in [0.25, 0.3) is 0 Å². The van der Waals surface area contributed by atoms with E-state index in [9.17, 15) is 21.6 Å². The Hall–Kier alpha value is -3.57. The van der Waals surface area contributed by atoms with Gasteiger partial charge in [-0.1, -0.05) is 35.3 Å². The van der Waals surface area contributed by atoms with Crippen LogP contribution in [0.4, 0.5) is 17.1 Å². The Balaban J connectivity index is 1.50. The predicted octanol–water partition coefficient (Wildman–Crippen LogP) is 6.46. The average molecular weight is 605 g/mol. The first kappa shape index (κ1) is 28.4. The van der Waals surface area contributed by atoms with Crippen molar-refractivity contribution in [3.05, 3.63) is 112 Å². The van der Waals surface area contributed by atoms with Crippen molar-refractivity contribution in [2.75, 3.05) is 14.8 Å². The van der Waals surface area contributed by atoms with Gasteiger partial charge < -0.3 is 5.32 Å². The van der Waals surface area contributed by atoms with Gasteiger partial charge in [-0.15, -0.1) is 0 Å². The quantitative estimate of drug-likeness (QED) is 0.213. The summed E-state index contributed by atoms with van der Waals surface area (Å²) in [5, 5.41) is 2.96. The number of rotatable bonds is 8. The number of carbonyl (C=O) groups excluding carboxylic acids is 1. The van der Waals surface area contributed by atoms with E-state index in [-0.39, 0.29) is 20.4 Å². The molecule has 0 aromatic heterocycles. The number of sulfonamides is 2. The maximum atomic E-state index is 13.1. The zero-order chi connectivity index (χ0) is 28.4. The molecule has 4 aromatic carbocycles. The molecule has 0 aliphatic rings. The molecule has 3 N–H and O–H groups in total. The molecular formula is C27H23Cl2N3O5S2. The first-order chi connectivity index (χ1) is 18.3. The lowest BCUT2D eigenvalue weighted by Gasteiger charge is -2.13. The van der Waals surface area contributed by atoms with Crippen LogP contribution < -0.4 is 14.8 Å². The van der Waals surface area contributed by atoms with Gasteiger partial charge in [0.25, 0.3) is 26.0 Å². The molecule has 0 radical (unpaired) electrons. The summed E-state index contributed by atoms with van der Waals surface area (Å²) in [7, 11) is -8.00. The zero-order valence-corrected chi connectivity index (χ0v) is 23.8. The van der Waals surface area contributed by atoms with E-state index in [4.69, 9.17) is 23.2 Å². The molecule has 1 amide bonds. The highest BCUT2D eigenvalue weighted by Gasteiger charge is 2.21. The summed E-state index contributed by atoms with van der Waals surface area (Å²) in [6.07, 6.45) is 0. The van der Waals surface area contributed by atoms with Crippen LogP contribution in [0.2, 0.25) is 10.0 Å². The van der Waals surface area contributed by atoms with E-state index >= 15 is 0 Å². The molecule has 0 fully saturated rings. The van der Waals surface area contributed by atoms with E-state index in [0.717, 1.165) is 11.1 Å². The number of halogens is 2. The van der Waals surface area contributed by atoms with E-state index < -0.39 is 26.0 Å². The molecule has 0 bridgehead atoms. The third kappa shape index (κ3) is 7.10. The standard InChI is InChI=1S/C27H23Cl2N3O5S2/c1-17-12-18(2)14-23(13-17)32-39(36,37)26-15-19(6-11-25(26)29)27(33)30-21-7-9-24(10-8-21)38(34,35)31-22-5-3-4-20(28)16-22/h3-16,31-32H,1-2H3,(H,30,33). The summed E-state index contributed by atoms with van der Waals surface area (Å²) >= 11 is 12.1. The Morgan fingerprint density at radius 1 is 0.667 bits per heavy atom. The van der Waals surface area contributed by atoms with Crippen LogP contribution in [-0.2, 0) is 20.0 Å². The first-order valence-corrected chi connectivity index (χ1v) is 15.2. The summed E-state index contributed by atoms with van der Waals surface area (Å²) in [5.74, 6) is -0.609. The molecule has 0 unspecified atom stereocenters. The molecule has 0 saturated heterocycles. The topological polar surface area (TPSA) is 121 Å². The molecule has 0 aliphatic heterocycles. The van der Waals surface area contributed by atoms with Crippen LogP contribution >= 0.6 is 23.2 Å². The second kappa shape index (κ2) is 11.3. The van der Waals surface area contributed by atoms with Crippen molar-refractivity contribution in [3.63, 3.8) is 0 Å². The molecule has 0 aliphatic carbocycles. The average Bonchev–Trinajstić information content (AvgIpc) is 2.83. The van der Waals surface area contributed by atoms with E-state index in [2.05, 4.69) is 14.8 Å². The number of amides is 1. The number of benzene rings is 4. The molecule has 0 heterocycles. The molecule has 39 heavy (non-hydrogen) atoms. The van der Waals surface area contributed by atoms with Gasteiger partial charge in [-0.2, -0.15) is 0 Å². The maximum Gasteiger partial charge on any atom is 0.263 e. The fourth-order valence-corrected chi connectivity index (χ4v) is 6.59. The van der Waals surface area contributed by atoms with Crippen LogP contribution in [0.1, 0.15) is 21.5 Å². The second-order valence-electron chi connectivity index (χ2n) is 8.72. The fourth-order valence-electron chi connectivity index (χ4n) is 3.78. The lowest BCUT2D eigenvalue weighted by molar-refractivity contribution is 0.102. The van der Waals surface area contributed by atoms with Crippen molar-refractivity contribution in [3.8, 4) is 0 Å². The maximum absolute atomic E-state index is 13.1. The Labute approximate surface area is 237 Å². The summed E-state index contributed by atoms with van der Waals surface area (Å²) in [6, 6.07) is 20.9. The van der Waals surface area contributed by atoms with Crippen molar-refractivity contribution in [2.45, 2.75) is 23.6 Å². The van der Waals surface area contributed by atoms with Crippen LogP contribution in [-0.4, -0.2) is 22.7 Å². The number of anilines is 3. The molecule has 4 rings (SSSR count). The summed E-state index contributed by atoms with van der Waals surface area (Å²) in [6.45, 7) is 3.70. The summed E-state index contributed by atoms with van der Waals surface area (Å²) in [4.78, 5) is 12.6. The van der Waals surface area contributed by atoms with Gasteiger partial charge in [-0.05, 0) is 97.8 Å². The van der Waals surface area contributed by atoms with Crippen LogP contribution in [0, 0.1) is 13.8 Å². The Kier molecular flexibility index (Phi) is 8.22. The van der Waals surface area contributed by atoms with Crippen molar-refractivity contribution < 1.29 is 21.6 Å². The van der Waals surface area contributed by atoms with Gasteiger partial charge in [0.05, 0.1) is 15.6 Å². The van der Waals surface area contributed by atoms with Crippen LogP contribution in [0.15, 0.2) is 94.7 Å². The first-order valence-electron chi connectivity index (χ1n) is 11.4. The van der Waals surface area contributed by atoms with Gasteiger partial charge in [0.15, 0.2) is 0 Å². The third-order valence-electron chi connectivity index (χ3n) is 5.46. The van der Waals surface area contributed by atoms with Crippen LogP contribution in [0.3, 0.4) is 0 Å². The molecule has 0 saturated carbocycles. The smallest absolute Gasteiger partial charge is 0.263 e. The van der Waals surface area contributed by atoms with E-state index in [1.165, 1.54) is 48.5 Å². The van der Waals surface area contributed by atoms with Gasteiger partial charge in [0, 0.05) is 22.0 Å². The van der Waals surface area contributed by atoms with Crippen molar-refractivity contribution in [2.24, 2.45) is 0 Å². The SMILES string of the molecule is Cc1cc(C)cc(NS(=O)(=O)c2cc(C(=O)Nc3ccc(S(=O)(=O)Nc4cccc(Cl)c4)cc3)ccc2Cl)c1. The van der Waals surface area contributed by atoms with Crippen LogP contribution in [0.5, 0.6) is 0 Å². The van der Waals surface area contributed by atoms with Crippen molar-refractivity contribution in [1.29, 1.82) is 0 Å². The second-order valence-corrected chi connectivity index (χ2v) is 12.9. The Morgan fingerprint density at radius 2 is 1.31 bits per heavy atom. The Bertz CT molecular complexity index is 1760. The number of hydrogen-bond donors (Lipinski definition) is 3. The molecule has 0 spiro atoms. The monoisotopic (exact) mass is 603 g/mol. The zero-order valence-electron chi connectivity index (χ0n) is 20.7. The molecule has 4 aromatic rings. The highest BCUT2D eigenvalue weighted by molar-refractivity contribution is 7.93. The van der Waals surface area contributed by atoms with E-state index in [1.54, 1.807) is 30.3 Å². The van der Waals surface area contributed by atoms with Gasteiger partial charge >= 0.3 is 0 Å². The highest BCUT2D eigenvalue weighted by Crippen LogP contribution is 2.27. The summed E-state index contributed by atoms with van der Waals surface area (Å²) in [5.41, 5.74) is 2.78. The number of carbonyl (C=O) groups is 1. The van der Waals surface area contributed by atoms with E-state index in [0.29, 0.717) is 22.1 Å². The van der Waals surface area contributed by atoms with Gasteiger partial charge in [-0.25, -0.2) is 16.8 Å². The summed E-state index contributed by atoms with van der Waals surface area (Å²) < 4.78 is 56.4. The number of aryl methyl sites for hydroxylation is 2. The van der Waals surface area contributed by atoms with E-state index in [1.807, 2.05) is 19.9 Å². The third-order valence-corrected chi connectivity index (χ3v) is 8.95. The largest absolute Gasteiger partial charge is 0.322 e. The minimum absolute atomic E-state index is 0.0298. The molecule has 8 nitrogen and oxygen atoms in total. The Morgan fingerprint density at radius 3 is 1.95 bits per heavy atom. The van der Waals surface area contributed by atoms with Crippen molar-refractivity contribution >= 4 is 66.2 Å². The highest BCUT2D eigenvalue weighted by atomic mass is 35.5. The lowest BCUT2D eigenvalue weighted by Crippen LogP contribution is -2.17. The molecule has 12 heteroatoms. The van der Waals surface area contributed by atoms with Gasteiger partial charge in [-0.3, -0.25) is 14.2 Å². The number of hydrogen-bond acceptors (Lipinski definition) is 5. The lowest BCUT2D eigenvalue weighted by atomic mass is 10.1. The van der Waals surface area contributed by atoms with Gasteiger partial charge in [0.2, 0.25) is 0 Å². The molecule has 0 atom stereocenters. The predicted molar refractivity (Wildman–Crippen MR) is 155 cm³/mol. The number of nitrogens with one attached hydrogen (secondary N) is 3. The van der Waals surface area contributed by atoms with Gasteiger partial charge in [0.1, 0.15) is 4.90 Å². The minimum atomic E-state index is -4.10. The minimum Gasteiger partial charge on any atom is -0.322 e. The van der Waals surface area contributed by atoms with Crippen molar-refractivity contribution in [1.82, 2.24) is 0 Å². The molecular weight excluding hydrogens is 581 g/mol. The molecule has 202 valence electrons. The fraction of sp³-hybridized carbons (Fsp3) is 0.0741.